The second kappa shape index (κ2) is 7.70. The molecule has 4 aromatic rings. The Bertz CT molecular complexity index is 1350. The van der Waals surface area contributed by atoms with Gasteiger partial charge in [-0.3, -0.25) is 4.98 Å². The molecule has 3 N–H and O–H groups in total. The predicted octanol–water partition coefficient (Wildman–Crippen LogP) is 4.29. The van der Waals surface area contributed by atoms with Crippen molar-refractivity contribution in [2.75, 3.05) is 18.0 Å². The van der Waals surface area contributed by atoms with E-state index in [1.165, 1.54) is 18.2 Å². The number of nitrogens with two attached hydrogens (primary N) is 1. The van der Waals surface area contributed by atoms with Gasteiger partial charge in [-0.15, -0.1) is 0 Å². The number of H-pyrrole nitrogens is 1. The Hall–Kier alpha value is -3.83. The van der Waals surface area contributed by atoms with Gasteiger partial charge in [0.25, 0.3) is 0 Å². The molecule has 160 valence electrons. The maximum atomic E-state index is 14.4. The fraction of sp³-hybridized carbons (Fsp3) is 0.208. The molecule has 8 heteroatoms. The van der Waals surface area contributed by atoms with Gasteiger partial charge < -0.3 is 15.6 Å². The number of hydrogen-bond donors (Lipinski definition) is 2. The van der Waals surface area contributed by atoms with Crippen molar-refractivity contribution in [3.8, 4) is 28.6 Å². The average molecular weight is 430 g/mol. The van der Waals surface area contributed by atoms with Gasteiger partial charge in [-0.2, -0.15) is 5.26 Å². The zero-order chi connectivity index (χ0) is 22.4. The number of anilines is 1. The van der Waals surface area contributed by atoms with Gasteiger partial charge in [0.1, 0.15) is 23.0 Å². The number of hydrogen-bond acceptors (Lipinski definition) is 5. The zero-order valence-electron chi connectivity index (χ0n) is 17.4. The average Bonchev–Trinajstić information content (AvgIpc) is 3.43. The molecule has 0 radical (unpaired) electrons. The molecule has 1 aliphatic heterocycles. The van der Waals surface area contributed by atoms with Gasteiger partial charge >= 0.3 is 0 Å². The van der Waals surface area contributed by atoms with Gasteiger partial charge in [-0.05, 0) is 48.7 Å². The van der Waals surface area contributed by atoms with Crippen LogP contribution in [0.1, 0.15) is 17.5 Å². The Morgan fingerprint density at radius 3 is 2.72 bits per heavy atom. The Kier molecular flexibility index (Phi) is 4.83. The molecule has 2 aromatic heterocycles. The van der Waals surface area contributed by atoms with Gasteiger partial charge in [0.15, 0.2) is 0 Å². The summed E-state index contributed by atoms with van der Waals surface area (Å²) in [5, 5.41) is 9.30. The number of pyridine rings is 1. The van der Waals surface area contributed by atoms with E-state index >= 15 is 0 Å². The monoisotopic (exact) mass is 430 g/mol. The van der Waals surface area contributed by atoms with Crippen LogP contribution in [0.25, 0.3) is 33.5 Å². The molecule has 0 bridgehead atoms. The number of nitrogens with one attached hydrogen (secondary N) is 1. The molecular formula is C24H20F2N6. The minimum absolute atomic E-state index is 0.00130. The van der Waals surface area contributed by atoms with Gasteiger partial charge in [-0.1, -0.05) is 6.07 Å². The van der Waals surface area contributed by atoms with E-state index in [0.29, 0.717) is 46.6 Å². The summed E-state index contributed by atoms with van der Waals surface area (Å²) in [7, 11) is 0. The van der Waals surface area contributed by atoms with E-state index in [1.807, 2.05) is 13.0 Å². The van der Waals surface area contributed by atoms with Crippen molar-refractivity contribution < 1.29 is 8.78 Å². The molecule has 2 aromatic carbocycles. The standard InChI is InChI=1S/C24H20F2N6/c1-13-2-3-20(26)22-21(13)30-24(31-22)19-11-29-10-18(23(19)32-5-4-17(28)12-32)15-6-14(9-27)7-16(25)8-15/h2-3,6-8,10-11,17H,4-5,12,28H2,1H3,(H,30,31)/t17-/m0/s1. The third kappa shape index (κ3) is 3.37. The number of nitrogens with zero attached hydrogens (tertiary/aromatic N) is 4. The summed E-state index contributed by atoms with van der Waals surface area (Å²) in [6.07, 6.45) is 4.12. The van der Waals surface area contributed by atoms with Crippen LogP contribution in [0.5, 0.6) is 0 Å². The number of nitriles is 1. The van der Waals surface area contributed by atoms with Crippen LogP contribution in [0.15, 0.2) is 42.7 Å². The summed E-state index contributed by atoms with van der Waals surface area (Å²) in [6, 6.07) is 9.29. The molecule has 1 saturated heterocycles. The fourth-order valence-corrected chi connectivity index (χ4v) is 4.30. The van der Waals surface area contributed by atoms with E-state index in [-0.39, 0.29) is 17.4 Å². The third-order valence-electron chi connectivity index (χ3n) is 5.85. The third-order valence-corrected chi connectivity index (χ3v) is 5.85. The lowest BCUT2D eigenvalue weighted by molar-refractivity contribution is 0.628. The molecule has 1 atom stereocenters. The van der Waals surface area contributed by atoms with Crippen molar-refractivity contribution in [2.45, 2.75) is 19.4 Å². The van der Waals surface area contributed by atoms with E-state index in [9.17, 15) is 14.0 Å². The highest BCUT2D eigenvalue weighted by molar-refractivity contribution is 5.92. The van der Waals surface area contributed by atoms with Crippen LogP contribution < -0.4 is 10.6 Å². The van der Waals surface area contributed by atoms with Gasteiger partial charge in [0.05, 0.1) is 28.4 Å². The Morgan fingerprint density at radius 1 is 1.19 bits per heavy atom. The first kappa shape index (κ1) is 20.1. The lowest BCUT2D eigenvalue weighted by Gasteiger charge is -2.24. The molecule has 0 saturated carbocycles. The number of fused-ring (bicyclic) bond motifs is 1. The SMILES string of the molecule is Cc1ccc(F)c2[nH]c(-c3cncc(-c4cc(F)cc(C#N)c4)c3N3CC[C@H](N)C3)nc12. The number of rotatable bonds is 3. The zero-order valence-corrected chi connectivity index (χ0v) is 17.4. The van der Waals surface area contributed by atoms with Gasteiger partial charge in [0.2, 0.25) is 0 Å². The Morgan fingerprint density at radius 2 is 2.00 bits per heavy atom. The first-order valence-corrected chi connectivity index (χ1v) is 10.3. The van der Waals surface area contributed by atoms with E-state index in [2.05, 4.69) is 19.9 Å². The summed E-state index contributed by atoms with van der Waals surface area (Å²) in [4.78, 5) is 14.2. The summed E-state index contributed by atoms with van der Waals surface area (Å²) in [5.41, 5.74) is 10.7. The van der Waals surface area contributed by atoms with Gasteiger partial charge in [0, 0.05) is 37.1 Å². The highest BCUT2D eigenvalue weighted by atomic mass is 19.1. The molecule has 0 aliphatic carbocycles. The van der Waals surface area contributed by atoms with Gasteiger partial charge in [-0.25, -0.2) is 13.8 Å². The molecule has 1 aliphatic rings. The van der Waals surface area contributed by atoms with Crippen LogP contribution in [-0.4, -0.2) is 34.1 Å². The molecular weight excluding hydrogens is 410 g/mol. The summed E-state index contributed by atoms with van der Waals surface area (Å²) >= 11 is 0. The van der Waals surface area contributed by atoms with Crippen molar-refractivity contribution in [3.63, 3.8) is 0 Å². The van der Waals surface area contributed by atoms with Crippen LogP contribution >= 0.6 is 0 Å². The van der Waals surface area contributed by atoms with Crippen molar-refractivity contribution in [1.82, 2.24) is 15.0 Å². The Labute approximate surface area is 183 Å². The van der Waals surface area contributed by atoms with Crippen molar-refractivity contribution in [2.24, 2.45) is 5.73 Å². The number of halogens is 2. The van der Waals surface area contributed by atoms with Crippen LogP contribution in [-0.2, 0) is 0 Å². The van der Waals surface area contributed by atoms with Crippen LogP contribution in [0.2, 0.25) is 0 Å². The predicted molar refractivity (Wildman–Crippen MR) is 119 cm³/mol. The number of imidazole rings is 1. The van der Waals surface area contributed by atoms with Crippen LogP contribution in [0.3, 0.4) is 0 Å². The maximum Gasteiger partial charge on any atom is 0.148 e. The summed E-state index contributed by atoms with van der Waals surface area (Å²) in [6.45, 7) is 3.19. The second-order valence-corrected chi connectivity index (χ2v) is 8.09. The normalized spacial score (nSPS) is 16.0. The van der Waals surface area contributed by atoms with E-state index in [0.717, 1.165) is 17.7 Å². The smallest absolute Gasteiger partial charge is 0.148 e. The molecule has 1 fully saturated rings. The summed E-state index contributed by atoms with van der Waals surface area (Å²) < 4.78 is 28.7. The molecule has 0 spiro atoms. The highest BCUT2D eigenvalue weighted by Crippen LogP contribution is 2.40. The highest BCUT2D eigenvalue weighted by Gasteiger charge is 2.27. The van der Waals surface area contributed by atoms with Crippen LogP contribution in [0.4, 0.5) is 14.5 Å². The van der Waals surface area contributed by atoms with Crippen molar-refractivity contribution in [3.05, 3.63) is 65.5 Å². The number of aryl methyl sites for hydroxylation is 1. The minimum atomic E-state index is -0.505. The maximum absolute atomic E-state index is 14.4. The molecule has 6 nitrogen and oxygen atoms in total. The summed E-state index contributed by atoms with van der Waals surface area (Å²) in [5.74, 6) is -0.424. The second-order valence-electron chi connectivity index (χ2n) is 8.09. The first-order valence-electron chi connectivity index (χ1n) is 10.3. The van der Waals surface area contributed by atoms with E-state index in [4.69, 9.17) is 5.73 Å². The van der Waals surface area contributed by atoms with Crippen molar-refractivity contribution in [1.29, 1.82) is 5.26 Å². The fourth-order valence-electron chi connectivity index (χ4n) is 4.30. The quantitative estimate of drug-likeness (QED) is 0.506. The number of aromatic nitrogens is 3. The molecule has 0 amide bonds. The largest absolute Gasteiger partial charge is 0.369 e. The number of benzene rings is 2. The van der Waals surface area contributed by atoms with E-state index in [1.54, 1.807) is 24.5 Å². The lowest BCUT2D eigenvalue weighted by atomic mass is 9.99. The minimum Gasteiger partial charge on any atom is -0.369 e. The molecule has 32 heavy (non-hydrogen) atoms. The molecule has 3 heterocycles. The number of aromatic amines is 1. The van der Waals surface area contributed by atoms with Crippen LogP contribution in [0, 0.1) is 29.9 Å². The molecule has 0 unspecified atom stereocenters. The molecule has 5 rings (SSSR count). The topological polar surface area (TPSA) is 94.6 Å². The van der Waals surface area contributed by atoms with Crippen molar-refractivity contribution >= 4 is 16.7 Å². The van der Waals surface area contributed by atoms with E-state index < -0.39 is 5.82 Å². The lowest BCUT2D eigenvalue weighted by Crippen LogP contribution is -2.27. The first-order chi connectivity index (χ1) is 15.4. The Balaban J connectivity index is 1.77.